The molecule has 1 aromatic carbocycles. The SMILES string of the molecule is NNC(=O)c1ccc(OCC2CCCCC2)cc1. The maximum Gasteiger partial charge on any atom is 0.265 e. The molecule has 0 radical (unpaired) electrons. The summed E-state index contributed by atoms with van der Waals surface area (Å²) in [4.78, 5) is 11.3. The molecule has 0 spiro atoms. The predicted octanol–water partition coefficient (Wildman–Crippen LogP) is 2.25. The first-order valence-electron chi connectivity index (χ1n) is 6.53. The number of hydrazine groups is 1. The molecule has 1 saturated carbocycles. The number of hydrogen-bond acceptors (Lipinski definition) is 3. The third-order valence-corrected chi connectivity index (χ3v) is 3.46. The topological polar surface area (TPSA) is 64.3 Å². The molecule has 0 heterocycles. The van der Waals surface area contributed by atoms with E-state index in [2.05, 4.69) is 5.43 Å². The third kappa shape index (κ3) is 3.47. The Balaban J connectivity index is 1.84. The number of nitrogens with one attached hydrogen (secondary N) is 1. The van der Waals surface area contributed by atoms with Gasteiger partial charge in [0.15, 0.2) is 0 Å². The average molecular weight is 248 g/mol. The van der Waals surface area contributed by atoms with E-state index < -0.39 is 0 Å². The zero-order valence-corrected chi connectivity index (χ0v) is 10.5. The highest BCUT2D eigenvalue weighted by Crippen LogP contribution is 2.24. The minimum atomic E-state index is -0.283. The van der Waals surface area contributed by atoms with E-state index in [0.717, 1.165) is 12.4 Å². The summed E-state index contributed by atoms with van der Waals surface area (Å²) in [6.07, 6.45) is 6.55. The molecule has 1 fully saturated rings. The van der Waals surface area contributed by atoms with Crippen LogP contribution in [0.4, 0.5) is 0 Å². The zero-order valence-electron chi connectivity index (χ0n) is 10.5. The molecule has 0 saturated heterocycles. The Morgan fingerprint density at radius 1 is 1.22 bits per heavy atom. The summed E-state index contributed by atoms with van der Waals surface area (Å²) < 4.78 is 5.75. The summed E-state index contributed by atoms with van der Waals surface area (Å²) >= 11 is 0. The number of ether oxygens (including phenoxy) is 1. The molecule has 98 valence electrons. The molecule has 0 unspecified atom stereocenters. The quantitative estimate of drug-likeness (QED) is 0.488. The summed E-state index contributed by atoms with van der Waals surface area (Å²) in [5, 5.41) is 0. The van der Waals surface area contributed by atoms with Crippen LogP contribution in [0.1, 0.15) is 42.5 Å². The second-order valence-corrected chi connectivity index (χ2v) is 4.81. The summed E-state index contributed by atoms with van der Waals surface area (Å²) in [6.45, 7) is 0.780. The van der Waals surface area contributed by atoms with Gasteiger partial charge in [0.25, 0.3) is 5.91 Å². The molecule has 2 rings (SSSR count). The standard InChI is InChI=1S/C14H20N2O2/c15-16-14(17)12-6-8-13(9-7-12)18-10-11-4-2-1-3-5-11/h6-9,11H,1-5,10,15H2,(H,16,17). The second-order valence-electron chi connectivity index (χ2n) is 4.81. The van der Waals surface area contributed by atoms with E-state index >= 15 is 0 Å². The fraction of sp³-hybridized carbons (Fsp3) is 0.500. The third-order valence-electron chi connectivity index (χ3n) is 3.46. The summed E-state index contributed by atoms with van der Waals surface area (Å²) in [5.41, 5.74) is 2.65. The van der Waals surface area contributed by atoms with E-state index in [-0.39, 0.29) is 5.91 Å². The highest BCUT2D eigenvalue weighted by atomic mass is 16.5. The number of nitrogens with two attached hydrogens (primary N) is 1. The molecule has 0 aliphatic heterocycles. The Kier molecular flexibility index (Phi) is 4.59. The van der Waals surface area contributed by atoms with Crippen LogP contribution < -0.4 is 16.0 Å². The lowest BCUT2D eigenvalue weighted by atomic mass is 9.90. The lowest BCUT2D eigenvalue weighted by Gasteiger charge is -2.21. The molecule has 1 amide bonds. The lowest BCUT2D eigenvalue weighted by molar-refractivity contribution is 0.0953. The Labute approximate surface area is 107 Å². The van der Waals surface area contributed by atoms with Crippen molar-refractivity contribution >= 4 is 5.91 Å². The van der Waals surface area contributed by atoms with Crippen molar-refractivity contribution in [2.75, 3.05) is 6.61 Å². The number of benzene rings is 1. The molecular formula is C14H20N2O2. The minimum absolute atomic E-state index is 0.283. The number of carbonyl (C=O) groups is 1. The van der Waals surface area contributed by atoms with Crippen LogP contribution in [0.2, 0.25) is 0 Å². The highest BCUT2D eigenvalue weighted by molar-refractivity contribution is 5.93. The van der Waals surface area contributed by atoms with Crippen LogP contribution in [0.25, 0.3) is 0 Å². The molecule has 1 aliphatic carbocycles. The van der Waals surface area contributed by atoms with Gasteiger partial charge in [0.05, 0.1) is 6.61 Å². The van der Waals surface area contributed by atoms with Gasteiger partial charge in [0.1, 0.15) is 5.75 Å². The largest absolute Gasteiger partial charge is 0.493 e. The molecule has 4 heteroatoms. The Morgan fingerprint density at radius 3 is 2.50 bits per heavy atom. The van der Waals surface area contributed by atoms with Crippen molar-refractivity contribution < 1.29 is 9.53 Å². The van der Waals surface area contributed by atoms with Crippen LogP contribution in [-0.2, 0) is 0 Å². The fourth-order valence-electron chi connectivity index (χ4n) is 2.35. The number of rotatable bonds is 4. The Hall–Kier alpha value is -1.55. The van der Waals surface area contributed by atoms with Gasteiger partial charge in [-0.05, 0) is 43.0 Å². The summed E-state index contributed by atoms with van der Waals surface area (Å²) in [7, 11) is 0. The van der Waals surface area contributed by atoms with E-state index in [1.165, 1.54) is 32.1 Å². The van der Waals surface area contributed by atoms with E-state index in [4.69, 9.17) is 10.6 Å². The van der Waals surface area contributed by atoms with Gasteiger partial charge in [0, 0.05) is 5.56 Å². The molecule has 0 aromatic heterocycles. The maximum absolute atomic E-state index is 11.3. The van der Waals surface area contributed by atoms with Gasteiger partial charge in [0.2, 0.25) is 0 Å². The van der Waals surface area contributed by atoms with Crippen LogP contribution in [0.5, 0.6) is 5.75 Å². The monoisotopic (exact) mass is 248 g/mol. The molecule has 1 aliphatic rings. The molecular weight excluding hydrogens is 228 g/mol. The van der Waals surface area contributed by atoms with Crippen LogP contribution in [-0.4, -0.2) is 12.5 Å². The summed E-state index contributed by atoms with van der Waals surface area (Å²) in [5.74, 6) is 6.28. The lowest BCUT2D eigenvalue weighted by Crippen LogP contribution is -2.29. The van der Waals surface area contributed by atoms with Crippen molar-refractivity contribution in [3.63, 3.8) is 0 Å². The van der Waals surface area contributed by atoms with E-state index in [1.54, 1.807) is 12.1 Å². The minimum Gasteiger partial charge on any atom is -0.493 e. The van der Waals surface area contributed by atoms with Crippen LogP contribution in [0.15, 0.2) is 24.3 Å². The van der Waals surface area contributed by atoms with E-state index in [0.29, 0.717) is 11.5 Å². The van der Waals surface area contributed by atoms with Gasteiger partial charge in [-0.2, -0.15) is 0 Å². The first kappa shape index (κ1) is 12.9. The van der Waals surface area contributed by atoms with Gasteiger partial charge in [-0.15, -0.1) is 0 Å². The van der Waals surface area contributed by atoms with Crippen molar-refractivity contribution in [2.45, 2.75) is 32.1 Å². The van der Waals surface area contributed by atoms with Crippen molar-refractivity contribution in [1.82, 2.24) is 5.43 Å². The number of carbonyl (C=O) groups excluding carboxylic acids is 1. The average Bonchev–Trinajstić information content (AvgIpc) is 2.46. The van der Waals surface area contributed by atoms with Gasteiger partial charge >= 0.3 is 0 Å². The molecule has 3 N–H and O–H groups in total. The molecule has 0 atom stereocenters. The van der Waals surface area contributed by atoms with Crippen molar-refractivity contribution in [1.29, 1.82) is 0 Å². The molecule has 0 bridgehead atoms. The predicted molar refractivity (Wildman–Crippen MR) is 70.2 cm³/mol. The van der Waals surface area contributed by atoms with E-state index in [9.17, 15) is 4.79 Å². The van der Waals surface area contributed by atoms with Gasteiger partial charge in [-0.3, -0.25) is 10.2 Å². The van der Waals surface area contributed by atoms with Crippen LogP contribution in [0.3, 0.4) is 0 Å². The fourth-order valence-corrected chi connectivity index (χ4v) is 2.35. The molecule has 18 heavy (non-hydrogen) atoms. The van der Waals surface area contributed by atoms with Crippen LogP contribution in [0, 0.1) is 5.92 Å². The van der Waals surface area contributed by atoms with Crippen molar-refractivity contribution in [2.24, 2.45) is 11.8 Å². The van der Waals surface area contributed by atoms with Crippen LogP contribution >= 0.6 is 0 Å². The number of nitrogen functional groups attached to an aromatic ring is 1. The number of hydrogen-bond donors (Lipinski definition) is 2. The Morgan fingerprint density at radius 2 is 1.89 bits per heavy atom. The maximum atomic E-state index is 11.3. The summed E-state index contributed by atoms with van der Waals surface area (Å²) in [6, 6.07) is 7.07. The molecule has 4 nitrogen and oxygen atoms in total. The second kappa shape index (κ2) is 6.40. The van der Waals surface area contributed by atoms with Crippen molar-refractivity contribution in [3.05, 3.63) is 29.8 Å². The van der Waals surface area contributed by atoms with Gasteiger partial charge < -0.3 is 4.74 Å². The van der Waals surface area contributed by atoms with E-state index in [1.807, 2.05) is 12.1 Å². The Bertz CT molecular complexity index is 383. The van der Waals surface area contributed by atoms with Gasteiger partial charge in [-0.25, -0.2) is 5.84 Å². The zero-order chi connectivity index (χ0) is 12.8. The smallest absolute Gasteiger partial charge is 0.265 e. The normalized spacial score (nSPS) is 16.3. The highest BCUT2D eigenvalue weighted by Gasteiger charge is 2.14. The first-order valence-corrected chi connectivity index (χ1v) is 6.53. The molecule has 1 aromatic rings. The first-order chi connectivity index (χ1) is 8.79. The van der Waals surface area contributed by atoms with Crippen molar-refractivity contribution in [3.8, 4) is 5.75 Å². The number of amides is 1. The van der Waals surface area contributed by atoms with Gasteiger partial charge in [-0.1, -0.05) is 19.3 Å².